The van der Waals surface area contributed by atoms with E-state index in [2.05, 4.69) is 4.74 Å². The van der Waals surface area contributed by atoms with E-state index >= 15 is 0 Å². The minimum Gasteiger partial charge on any atom is -0.469 e. The number of ether oxygens (including phenoxy) is 1. The van der Waals surface area contributed by atoms with Crippen molar-refractivity contribution in [3.8, 4) is 0 Å². The molecule has 86 valence electrons. The van der Waals surface area contributed by atoms with Crippen molar-refractivity contribution >= 4 is 11.9 Å². The molecule has 2 atom stereocenters. The largest absolute Gasteiger partial charge is 0.469 e. The summed E-state index contributed by atoms with van der Waals surface area (Å²) in [6, 6.07) is -0.0365. The molecular weight excluding hydrogens is 196 g/mol. The van der Waals surface area contributed by atoms with Crippen molar-refractivity contribution in [1.82, 2.24) is 4.90 Å². The summed E-state index contributed by atoms with van der Waals surface area (Å²) in [5.41, 5.74) is 5.13. The standard InChI is InChI=1S/C10H18N2O3/c1-15-9(13)5-3-2-4-6-12-7-8(12)10(11)14/h8H,2-7H2,1H3,(H2,11,14)/t8-,12?/m0/s1. The van der Waals surface area contributed by atoms with E-state index in [4.69, 9.17) is 5.73 Å². The first-order valence-corrected chi connectivity index (χ1v) is 5.25. The number of primary amides is 1. The summed E-state index contributed by atoms with van der Waals surface area (Å²) in [5, 5.41) is 0. The zero-order valence-electron chi connectivity index (χ0n) is 9.07. The molecule has 0 aromatic carbocycles. The van der Waals surface area contributed by atoms with Gasteiger partial charge in [-0.15, -0.1) is 0 Å². The van der Waals surface area contributed by atoms with E-state index in [9.17, 15) is 9.59 Å². The second kappa shape index (κ2) is 5.70. The van der Waals surface area contributed by atoms with Crippen LogP contribution in [0.4, 0.5) is 0 Å². The number of hydrogen-bond acceptors (Lipinski definition) is 4. The highest BCUT2D eigenvalue weighted by Crippen LogP contribution is 2.17. The molecule has 1 aliphatic heterocycles. The van der Waals surface area contributed by atoms with E-state index in [-0.39, 0.29) is 17.9 Å². The molecule has 2 N–H and O–H groups in total. The Bertz CT molecular complexity index is 243. The Labute approximate surface area is 89.6 Å². The number of hydrogen-bond donors (Lipinski definition) is 1. The fraction of sp³-hybridized carbons (Fsp3) is 0.800. The minimum absolute atomic E-state index is 0.0365. The molecule has 1 rings (SSSR count). The lowest BCUT2D eigenvalue weighted by atomic mass is 10.2. The number of nitrogens with zero attached hydrogens (tertiary/aromatic N) is 1. The van der Waals surface area contributed by atoms with E-state index in [0.717, 1.165) is 32.4 Å². The van der Waals surface area contributed by atoms with Gasteiger partial charge >= 0.3 is 5.97 Å². The Morgan fingerprint density at radius 3 is 2.67 bits per heavy atom. The summed E-state index contributed by atoms with van der Waals surface area (Å²) in [6.45, 7) is 1.70. The predicted molar refractivity (Wildman–Crippen MR) is 55.0 cm³/mol. The molecule has 1 aliphatic rings. The van der Waals surface area contributed by atoms with E-state index in [0.29, 0.717) is 6.42 Å². The average molecular weight is 214 g/mol. The molecule has 0 bridgehead atoms. The fourth-order valence-electron chi connectivity index (χ4n) is 1.56. The third kappa shape index (κ3) is 4.29. The molecule has 1 fully saturated rings. The van der Waals surface area contributed by atoms with Gasteiger partial charge in [-0.25, -0.2) is 0 Å². The van der Waals surface area contributed by atoms with Crippen LogP contribution in [0, 0.1) is 0 Å². The lowest BCUT2D eigenvalue weighted by molar-refractivity contribution is -0.140. The van der Waals surface area contributed by atoms with Crippen molar-refractivity contribution < 1.29 is 14.3 Å². The third-order valence-corrected chi connectivity index (χ3v) is 2.60. The van der Waals surface area contributed by atoms with Crippen LogP contribution in [0.2, 0.25) is 0 Å². The maximum atomic E-state index is 10.8. The molecule has 1 saturated heterocycles. The number of unbranched alkanes of at least 4 members (excludes halogenated alkanes) is 2. The molecule has 1 unspecified atom stereocenters. The first-order valence-electron chi connectivity index (χ1n) is 5.25. The minimum atomic E-state index is -0.232. The van der Waals surface area contributed by atoms with E-state index in [1.165, 1.54) is 7.11 Å². The maximum absolute atomic E-state index is 10.8. The number of amides is 1. The van der Waals surface area contributed by atoms with Crippen LogP contribution in [0.5, 0.6) is 0 Å². The molecule has 0 aliphatic carbocycles. The van der Waals surface area contributed by atoms with Crippen LogP contribution in [-0.4, -0.2) is 43.0 Å². The molecule has 0 spiro atoms. The number of esters is 1. The van der Waals surface area contributed by atoms with Gasteiger partial charge in [0.1, 0.15) is 6.04 Å². The molecule has 0 aromatic rings. The number of methoxy groups -OCH3 is 1. The van der Waals surface area contributed by atoms with Crippen LogP contribution in [0.3, 0.4) is 0 Å². The van der Waals surface area contributed by atoms with Crippen molar-refractivity contribution in [2.45, 2.75) is 31.7 Å². The summed E-state index contributed by atoms with van der Waals surface area (Å²) in [4.78, 5) is 23.5. The van der Waals surface area contributed by atoms with Crippen molar-refractivity contribution in [2.24, 2.45) is 5.73 Å². The van der Waals surface area contributed by atoms with Gasteiger partial charge in [0.25, 0.3) is 0 Å². The van der Waals surface area contributed by atoms with Gasteiger partial charge in [0, 0.05) is 13.0 Å². The van der Waals surface area contributed by atoms with Crippen LogP contribution in [0.1, 0.15) is 25.7 Å². The Balaban J connectivity index is 1.91. The SMILES string of the molecule is COC(=O)CCCCCN1C[C@H]1C(N)=O. The summed E-state index contributed by atoms with van der Waals surface area (Å²) in [5.74, 6) is -0.388. The number of carbonyl (C=O) groups is 2. The summed E-state index contributed by atoms with van der Waals surface area (Å²) < 4.78 is 4.53. The molecule has 0 saturated carbocycles. The van der Waals surface area contributed by atoms with Gasteiger partial charge in [0.2, 0.25) is 5.91 Å². The molecule has 1 amide bonds. The molecular formula is C10H18N2O3. The van der Waals surface area contributed by atoms with Crippen LogP contribution >= 0.6 is 0 Å². The number of rotatable bonds is 7. The van der Waals surface area contributed by atoms with Gasteiger partial charge in [-0.2, -0.15) is 0 Å². The Morgan fingerprint density at radius 2 is 2.13 bits per heavy atom. The summed E-state index contributed by atoms with van der Waals surface area (Å²) >= 11 is 0. The van der Waals surface area contributed by atoms with Gasteiger partial charge in [-0.3, -0.25) is 14.5 Å². The van der Waals surface area contributed by atoms with E-state index in [1.807, 2.05) is 4.90 Å². The predicted octanol–water partition coefficient (Wildman–Crippen LogP) is -0.111. The van der Waals surface area contributed by atoms with E-state index < -0.39 is 0 Å². The first kappa shape index (κ1) is 12.0. The second-order valence-corrected chi connectivity index (χ2v) is 3.80. The van der Waals surface area contributed by atoms with Crippen LogP contribution < -0.4 is 5.73 Å². The number of nitrogens with two attached hydrogens (primary N) is 1. The van der Waals surface area contributed by atoms with Gasteiger partial charge in [-0.05, 0) is 19.4 Å². The fourth-order valence-corrected chi connectivity index (χ4v) is 1.56. The summed E-state index contributed by atoms with van der Waals surface area (Å²) in [6.07, 6.45) is 3.31. The number of carbonyl (C=O) groups excluding carboxylic acids is 2. The van der Waals surface area contributed by atoms with Crippen molar-refractivity contribution in [2.75, 3.05) is 20.2 Å². The van der Waals surface area contributed by atoms with Crippen molar-refractivity contribution in [1.29, 1.82) is 0 Å². The van der Waals surface area contributed by atoms with Crippen molar-refractivity contribution in [3.05, 3.63) is 0 Å². The smallest absolute Gasteiger partial charge is 0.305 e. The highest BCUT2D eigenvalue weighted by Gasteiger charge is 2.37. The molecule has 1 heterocycles. The lowest BCUT2D eigenvalue weighted by Gasteiger charge is -2.02. The first-order chi connectivity index (χ1) is 7.15. The maximum Gasteiger partial charge on any atom is 0.305 e. The summed E-state index contributed by atoms with van der Waals surface area (Å²) in [7, 11) is 1.40. The third-order valence-electron chi connectivity index (χ3n) is 2.60. The highest BCUT2D eigenvalue weighted by atomic mass is 16.5. The van der Waals surface area contributed by atoms with Crippen LogP contribution in [0.25, 0.3) is 0 Å². The van der Waals surface area contributed by atoms with Gasteiger partial charge in [-0.1, -0.05) is 6.42 Å². The normalized spacial score (nSPS) is 23.5. The molecule has 5 nitrogen and oxygen atoms in total. The van der Waals surface area contributed by atoms with Crippen molar-refractivity contribution in [3.63, 3.8) is 0 Å². The quantitative estimate of drug-likeness (QED) is 0.364. The van der Waals surface area contributed by atoms with Gasteiger partial charge < -0.3 is 10.5 Å². The Morgan fingerprint density at radius 1 is 1.40 bits per heavy atom. The van der Waals surface area contributed by atoms with Crippen LogP contribution in [-0.2, 0) is 14.3 Å². The Hall–Kier alpha value is -1.10. The topological polar surface area (TPSA) is 72.4 Å². The second-order valence-electron chi connectivity index (χ2n) is 3.80. The zero-order chi connectivity index (χ0) is 11.3. The van der Waals surface area contributed by atoms with Gasteiger partial charge in [0.05, 0.1) is 7.11 Å². The van der Waals surface area contributed by atoms with E-state index in [1.54, 1.807) is 0 Å². The molecule has 5 heteroatoms. The molecule has 0 radical (unpaired) electrons. The van der Waals surface area contributed by atoms with Gasteiger partial charge in [0.15, 0.2) is 0 Å². The highest BCUT2D eigenvalue weighted by molar-refractivity contribution is 5.82. The molecule has 0 aromatic heterocycles. The van der Waals surface area contributed by atoms with Crippen LogP contribution in [0.15, 0.2) is 0 Å². The lowest BCUT2D eigenvalue weighted by Crippen LogP contribution is -2.22. The molecule has 15 heavy (non-hydrogen) atoms. The average Bonchev–Trinajstić information content (AvgIpc) is 2.96. The Kier molecular flexibility index (Phi) is 4.55. The monoisotopic (exact) mass is 214 g/mol. The zero-order valence-corrected chi connectivity index (χ0v) is 9.07.